The fourth-order valence-electron chi connectivity index (χ4n) is 2.85. The summed E-state index contributed by atoms with van der Waals surface area (Å²) in [5, 5.41) is 8.84. The van der Waals surface area contributed by atoms with Crippen molar-refractivity contribution in [3.8, 4) is 0 Å². The van der Waals surface area contributed by atoms with Crippen molar-refractivity contribution >= 4 is 17.8 Å². The summed E-state index contributed by atoms with van der Waals surface area (Å²) < 4.78 is 20.2. The van der Waals surface area contributed by atoms with Crippen LogP contribution in [0.1, 0.15) is 34.1 Å². The number of rotatable bonds is 9. The van der Waals surface area contributed by atoms with Crippen LogP contribution in [-0.4, -0.2) is 27.5 Å². The van der Waals surface area contributed by atoms with Gasteiger partial charge in [-0.3, -0.25) is 4.79 Å². The van der Waals surface area contributed by atoms with Crippen molar-refractivity contribution in [3.05, 3.63) is 101 Å². The van der Waals surface area contributed by atoms with Crippen LogP contribution in [0.3, 0.4) is 0 Å². The number of aromatic nitrogens is 1. The third kappa shape index (κ3) is 5.52. The zero-order valence-corrected chi connectivity index (χ0v) is 16.5. The molecule has 1 heterocycles. The van der Waals surface area contributed by atoms with Crippen LogP contribution < -0.4 is 0 Å². The normalized spacial score (nSPS) is 12.2. The van der Waals surface area contributed by atoms with Crippen LogP contribution in [0.2, 0.25) is 0 Å². The molecule has 0 bridgehead atoms. The Hall–Kier alpha value is -3.51. The molecule has 0 amide bonds. The van der Waals surface area contributed by atoms with Gasteiger partial charge < -0.3 is 14.4 Å². The lowest BCUT2D eigenvalue weighted by Crippen LogP contribution is -2.19. The lowest BCUT2D eigenvalue weighted by atomic mass is 10.1. The van der Waals surface area contributed by atoms with Crippen LogP contribution in [-0.2, 0) is 22.7 Å². The number of ketones is 1. The van der Waals surface area contributed by atoms with E-state index < -0.39 is 12.1 Å². The molecule has 0 aliphatic rings. The first kappa shape index (κ1) is 21.2. The highest BCUT2D eigenvalue weighted by atomic mass is 19.1. The van der Waals surface area contributed by atoms with E-state index in [2.05, 4.69) is 0 Å². The van der Waals surface area contributed by atoms with E-state index in [0.29, 0.717) is 17.8 Å². The van der Waals surface area contributed by atoms with Gasteiger partial charge in [0.25, 0.3) is 0 Å². The maximum atomic E-state index is 13.1. The number of hydrogen-bond acceptors (Lipinski definition) is 3. The SMILES string of the molecule is C[C@H](OCc1ccc(C=CCn2cccc2C(=O)c2ccc(F)cc2)cc1)C(=O)O. The number of hydrogen-bond donors (Lipinski definition) is 1. The highest BCUT2D eigenvalue weighted by molar-refractivity contribution is 6.08. The lowest BCUT2D eigenvalue weighted by Gasteiger charge is -2.08. The average Bonchev–Trinajstić information content (AvgIpc) is 3.21. The molecule has 1 atom stereocenters. The minimum absolute atomic E-state index is 0.159. The smallest absolute Gasteiger partial charge is 0.332 e. The topological polar surface area (TPSA) is 68.5 Å². The summed E-state index contributed by atoms with van der Waals surface area (Å²) >= 11 is 0. The van der Waals surface area contributed by atoms with Gasteiger partial charge in [-0.1, -0.05) is 36.4 Å². The molecule has 30 heavy (non-hydrogen) atoms. The highest BCUT2D eigenvalue weighted by Gasteiger charge is 2.13. The van der Waals surface area contributed by atoms with Crippen LogP contribution >= 0.6 is 0 Å². The summed E-state index contributed by atoms with van der Waals surface area (Å²) in [6.07, 6.45) is 4.86. The number of carboxylic acids is 1. The Labute approximate surface area is 174 Å². The maximum absolute atomic E-state index is 13.1. The second kappa shape index (κ2) is 9.80. The zero-order valence-electron chi connectivity index (χ0n) is 16.5. The molecule has 1 N–H and O–H groups in total. The molecular weight excluding hydrogens is 385 g/mol. The Morgan fingerprint density at radius 3 is 2.47 bits per heavy atom. The summed E-state index contributed by atoms with van der Waals surface area (Å²) in [4.78, 5) is 23.4. The van der Waals surface area contributed by atoms with Crippen LogP contribution in [0, 0.1) is 5.82 Å². The molecule has 3 aromatic rings. The Morgan fingerprint density at radius 2 is 1.80 bits per heavy atom. The number of carbonyl (C=O) groups excluding carboxylic acids is 1. The van der Waals surface area contributed by atoms with Crippen LogP contribution in [0.4, 0.5) is 4.39 Å². The van der Waals surface area contributed by atoms with Crippen molar-refractivity contribution in [2.24, 2.45) is 0 Å². The van der Waals surface area contributed by atoms with Crippen molar-refractivity contribution < 1.29 is 23.8 Å². The molecule has 2 aromatic carbocycles. The Balaban J connectivity index is 1.60. The van der Waals surface area contributed by atoms with Crippen molar-refractivity contribution in [1.29, 1.82) is 0 Å². The fourth-order valence-corrected chi connectivity index (χ4v) is 2.85. The lowest BCUT2D eigenvalue weighted by molar-refractivity contribution is -0.149. The summed E-state index contributed by atoms with van der Waals surface area (Å²) in [5.41, 5.74) is 2.84. The minimum atomic E-state index is -0.989. The molecule has 0 saturated carbocycles. The largest absolute Gasteiger partial charge is 0.479 e. The second-order valence-electron chi connectivity index (χ2n) is 6.82. The van der Waals surface area contributed by atoms with Gasteiger partial charge in [0, 0.05) is 18.3 Å². The number of allylic oxidation sites excluding steroid dienone is 1. The summed E-state index contributed by atoms with van der Waals surface area (Å²) in [6, 6.07) is 16.7. The van der Waals surface area contributed by atoms with E-state index in [0.717, 1.165) is 11.1 Å². The quantitative estimate of drug-likeness (QED) is 0.528. The fraction of sp³-hybridized carbons (Fsp3) is 0.167. The molecule has 6 heteroatoms. The third-order valence-corrected chi connectivity index (χ3v) is 4.61. The zero-order chi connectivity index (χ0) is 21.5. The van der Waals surface area contributed by atoms with Gasteiger partial charge in [0.1, 0.15) is 5.82 Å². The van der Waals surface area contributed by atoms with Crippen LogP contribution in [0.25, 0.3) is 6.08 Å². The van der Waals surface area contributed by atoms with E-state index in [-0.39, 0.29) is 18.2 Å². The molecule has 0 fully saturated rings. The van der Waals surface area contributed by atoms with Gasteiger partial charge in [-0.25, -0.2) is 9.18 Å². The third-order valence-electron chi connectivity index (χ3n) is 4.61. The van der Waals surface area contributed by atoms with Gasteiger partial charge in [-0.2, -0.15) is 0 Å². The predicted molar refractivity (Wildman–Crippen MR) is 112 cm³/mol. The van der Waals surface area contributed by atoms with E-state index >= 15 is 0 Å². The van der Waals surface area contributed by atoms with Crippen molar-refractivity contribution in [2.75, 3.05) is 0 Å². The standard InChI is InChI=1S/C24H22FNO4/c1-17(24(28)29)30-16-19-8-6-18(7-9-19)4-2-14-26-15-3-5-22(26)23(27)20-10-12-21(25)13-11-20/h2-13,15,17H,14,16H2,1H3,(H,28,29)/t17-/m0/s1. The Morgan fingerprint density at radius 1 is 1.10 bits per heavy atom. The van der Waals surface area contributed by atoms with Gasteiger partial charge in [0.15, 0.2) is 6.10 Å². The molecule has 3 rings (SSSR count). The first-order valence-electron chi connectivity index (χ1n) is 9.49. The molecule has 0 spiro atoms. The number of benzene rings is 2. The summed E-state index contributed by atoms with van der Waals surface area (Å²) in [5.74, 6) is -1.52. The van der Waals surface area contributed by atoms with Gasteiger partial charge in [-0.15, -0.1) is 0 Å². The van der Waals surface area contributed by atoms with Crippen LogP contribution in [0.5, 0.6) is 0 Å². The molecule has 0 aliphatic carbocycles. The van der Waals surface area contributed by atoms with E-state index in [4.69, 9.17) is 9.84 Å². The number of carboxylic acid groups (broad SMARTS) is 1. The number of carbonyl (C=O) groups is 2. The molecule has 154 valence electrons. The number of ether oxygens (including phenoxy) is 1. The summed E-state index contributed by atoms with van der Waals surface area (Å²) in [6.45, 7) is 2.24. The Bertz CT molecular complexity index is 1040. The summed E-state index contributed by atoms with van der Waals surface area (Å²) in [7, 11) is 0. The highest BCUT2D eigenvalue weighted by Crippen LogP contribution is 2.13. The van der Waals surface area contributed by atoms with E-state index in [1.54, 1.807) is 12.1 Å². The van der Waals surface area contributed by atoms with Crippen molar-refractivity contribution in [1.82, 2.24) is 4.57 Å². The molecule has 0 radical (unpaired) electrons. The monoisotopic (exact) mass is 407 g/mol. The van der Waals surface area contributed by atoms with E-state index in [1.165, 1.54) is 31.2 Å². The van der Waals surface area contributed by atoms with Gasteiger partial charge in [0.2, 0.25) is 5.78 Å². The minimum Gasteiger partial charge on any atom is -0.479 e. The first-order valence-corrected chi connectivity index (χ1v) is 9.49. The van der Waals surface area contributed by atoms with E-state index in [9.17, 15) is 14.0 Å². The predicted octanol–water partition coefficient (Wildman–Crippen LogP) is 4.56. The molecule has 5 nitrogen and oxygen atoms in total. The van der Waals surface area contributed by atoms with Crippen LogP contribution in [0.15, 0.2) is 72.9 Å². The molecule has 0 saturated heterocycles. The van der Waals surface area contributed by atoms with Gasteiger partial charge >= 0.3 is 5.97 Å². The average molecular weight is 407 g/mol. The van der Waals surface area contributed by atoms with Crippen molar-refractivity contribution in [3.63, 3.8) is 0 Å². The van der Waals surface area contributed by atoms with Gasteiger partial charge in [0.05, 0.1) is 12.3 Å². The van der Waals surface area contributed by atoms with Gasteiger partial charge in [-0.05, 0) is 54.4 Å². The number of aliphatic carboxylic acids is 1. The molecule has 0 unspecified atom stereocenters. The molecular formula is C24H22FNO4. The number of halogens is 1. The molecule has 1 aromatic heterocycles. The Kier molecular flexibility index (Phi) is 6.93. The first-order chi connectivity index (χ1) is 14.4. The maximum Gasteiger partial charge on any atom is 0.332 e. The second-order valence-corrected chi connectivity index (χ2v) is 6.82. The van der Waals surface area contributed by atoms with Crippen molar-refractivity contribution in [2.45, 2.75) is 26.2 Å². The molecule has 0 aliphatic heterocycles. The number of nitrogens with zero attached hydrogens (tertiary/aromatic N) is 1. The van der Waals surface area contributed by atoms with E-state index in [1.807, 2.05) is 47.2 Å².